The van der Waals surface area contributed by atoms with E-state index in [0.717, 1.165) is 41.9 Å². The van der Waals surface area contributed by atoms with Crippen LogP contribution in [0.1, 0.15) is 23.2 Å². The number of benzene rings is 2. The molecule has 0 saturated carbocycles. The van der Waals surface area contributed by atoms with Crippen LogP contribution >= 0.6 is 0 Å². The monoisotopic (exact) mass is 425 g/mol. The highest BCUT2D eigenvalue weighted by Gasteiger charge is 2.19. The fraction of sp³-hybridized carbons (Fsp3) is 0.261. The molecular formula is C23H21F2N3O3. The number of carboxylic acids is 1. The van der Waals surface area contributed by atoms with E-state index in [1.165, 1.54) is 6.07 Å². The van der Waals surface area contributed by atoms with E-state index >= 15 is 0 Å². The number of halogens is 2. The summed E-state index contributed by atoms with van der Waals surface area (Å²) in [6.07, 6.45) is 2.68. The third-order valence-electron chi connectivity index (χ3n) is 5.16. The average molecular weight is 425 g/mol. The van der Waals surface area contributed by atoms with Crippen molar-refractivity contribution in [3.05, 3.63) is 77.1 Å². The van der Waals surface area contributed by atoms with Crippen LogP contribution in [0.25, 0.3) is 11.4 Å². The molecule has 8 heteroatoms. The van der Waals surface area contributed by atoms with Crippen LogP contribution in [0.2, 0.25) is 0 Å². The largest absolute Gasteiger partial charge is 0.489 e. The number of carboxylic acid groups (broad SMARTS) is 1. The number of hydrogen-bond donors (Lipinski definition) is 1. The molecule has 0 fully saturated rings. The van der Waals surface area contributed by atoms with Gasteiger partial charge in [0.05, 0.1) is 12.1 Å². The second kappa shape index (κ2) is 9.18. The van der Waals surface area contributed by atoms with E-state index in [1.54, 1.807) is 18.3 Å². The molecule has 0 aliphatic carbocycles. The van der Waals surface area contributed by atoms with Crippen molar-refractivity contribution in [3.8, 4) is 17.1 Å². The summed E-state index contributed by atoms with van der Waals surface area (Å²) in [5.41, 5.74) is 3.39. The van der Waals surface area contributed by atoms with E-state index in [4.69, 9.17) is 9.84 Å². The standard InChI is InChI=1S/C23H21F2N3O3/c24-19-6-1-15(11-20(19)25)14-31-18-4-2-16(3-5-18)23-26-12-17-13-28(10-8-22(29)30)9-7-21(17)27-23/h1-6,11-12H,7-10,13-14H2,(H,29,30). The molecule has 0 spiro atoms. The summed E-state index contributed by atoms with van der Waals surface area (Å²) in [6, 6.07) is 11.0. The lowest BCUT2D eigenvalue weighted by molar-refractivity contribution is -0.137. The molecule has 1 aliphatic rings. The van der Waals surface area contributed by atoms with E-state index in [1.807, 2.05) is 12.1 Å². The average Bonchev–Trinajstić information content (AvgIpc) is 2.78. The van der Waals surface area contributed by atoms with Gasteiger partial charge in [0.25, 0.3) is 0 Å². The molecule has 3 aromatic rings. The van der Waals surface area contributed by atoms with Gasteiger partial charge in [0.15, 0.2) is 17.5 Å². The van der Waals surface area contributed by atoms with Crippen LogP contribution in [0.15, 0.2) is 48.7 Å². The van der Waals surface area contributed by atoms with Crippen molar-refractivity contribution in [2.45, 2.75) is 26.0 Å². The fourth-order valence-corrected chi connectivity index (χ4v) is 3.45. The molecule has 0 atom stereocenters. The van der Waals surface area contributed by atoms with Crippen LogP contribution in [-0.2, 0) is 24.4 Å². The summed E-state index contributed by atoms with van der Waals surface area (Å²) in [4.78, 5) is 22.0. The Morgan fingerprint density at radius 1 is 1.13 bits per heavy atom. The van der Waals surface area contributed by atoms with Crippen LogP contribution < -0.4 is 4.74 Å². The minimum Gasteiger partial charge on any atom is -0.489 e. The number of rotatable bonds is 7. The van der Waals surface area contributed by atoms with E-state index < -0.39 is 17.6 Å². The smallest absolute Gasteiger partial charge is 0.304 e. The molecule has 160 valence electrons. The molecule has 4 rings (SSSR count). The Bertz CT molecular complexity index is 1090. The number of carbonyl (C=O) groups is 1. The highest BCUT2D eigenvalue weighted by molar-refractivity contribution is 5.66. The molecule has 0 amide bonds. The van der Waals surface area contributed by atoms with Crippen LogP contribution in [0.3, 0.4) is 0 Å². The lowest BCUT2D eigenvalue weighted by Crippen LogP contribution is -2.33. The van der Waals surface area contributed by atoms with Gasteiger partial charge in [-0.1, -0.05) is 6.07 Å². The number of nitrogens with zero attached hydrogens (tertiary/aromatic N) is 3. The molecule has 1 aromatic heterocycles. The van der Waals surface area contributed by atoms with Gasteiger partial charge in [-0.15, -0.1) is 0 Å². The highest BCUT2D eigenvalue weighted by Crippen LogP contribution is 2.23. The molecule has 0 unspecified atom stereocenters. The summed E-state index contributed by atoms with van der Waals surface area (Å²) < 4.78 is 31.9. The van der Waals surface area contributed by atoms with E-state index in [9.17, 15) is 13.6 Å². The summed E-state index contributed by atoms with van der Waals surface area (Å²) in [6.45, 7) is 2.07. The lowest BCUT2D eigenvalue weighted by Gasteiger charge is -2.27. The van der Waals surface area contributed by atoms with Gasteiger partial charge in [-0.25, -0.2) is 18.7 Å². The molecule has 6 nitrogen and oxygen atoms in total. The van der Waals surface area contributed by atoms with Crippen molar-refractivity contribution < 1.29 is 23.4 Å². The number of hydrogen-bond acceptors (Lipinski definition) is 5. The number of ether oxygens (including phenoxy) is 1. The van der Waals surface area contributed by atoms with Gasteiger partial charge >= 0.3 is 5.97 Å². The third-order valence-corrected chi connectivity index (χ3v) is 5.16. The SMILES string of the molecule is O=C(O)CCN1CCc2nc(-c3ccc(OCc4ccc(F)c(F)c4)cc3)ncc2C1. The van der Waals surface area contributed by atoms with Gasteiger partial charge in [0.1, 0.15) is 12.4 Å². The quantitative estimate of drug-likeness (QED) is 0.620. The third kappa shape index (κ3) is 5.21. The van der Waals surface area contributed by atoms with Crippen molar-refractivity contribution >= 4 is 5.97 Å². The Morgan fingerprint density at radius 2 is 1.94 bits per heavy atom. The lowest BCUT2D eigenvalue weighted by atomic mass is 10.1. The minimum atomic E-state index is -0.897. The van der Waals surface area contributed by atoms with Crippen molar-refractivity contribution in [1.82, 2.24) is 14.9 Å². The maximum Gasteiger partial charge on any atom is 0.304 e. The van der Waals surface area contributed by atoms with E-state index in [-0.39, 0.29) is 13.0 Å². The van der Waals surface area contributed by atoms with Crippen LogP contribution in [0, 0.1) is 11.6 Å². The second-order valence-corrected chi connectivity index (χ2v) is 7.40. The molecule has 2 aromatic carbocycles. The van der Waals surface area contributed by atoms with Gasteiger partial charge in [0.2, 0.25) is 0 Å². The van der Waals surface area contributed by atoms with Gasteiger partial charge < -0.3 is 9.84 Å². The molecule has 0 saturated heterocycles. The van der Waals surface area contributed by atoms with Crippen LogP contribution in [0.5, 0.6) is 5.75 Å². The Labute approximate surface area is 178 Å². The van der Waals surface area contributed by atoms with Crippen molar-refractivity contribution in [3.63, 3.8) is 0 Å². The van der Waals surface area contributed by atoms with Gasteiger partial charge in [-0.2, -0.15) is 0 Å². The molecule has 2 heterocycles. The highest BCUT2D eigenvalue weighted by atomic mass is 19.2. The maximum absolute atomic E-state index is 13.3. The first-order valence-corrected chi connectivity index (χ1v) is 9.94. The van der Waals surface area contributed by atoms with Crippen molar-refractivity contribution in [2.75, 3.05) is 13.1 Å². The Hall–Kier alpha value is -3.39. The Morgan fingerprint density at radius 3 is 2.68 bits per heavy atom. The van der Waals surface area contributed by atoms with E-state index in [0.29, 0.717) is 30.2 Å². The first kappa shape index (κ1) is 20.9. The second-order valence-electron chi connectivity index (χ2n) is 7.40. The fourth-order valence-electron chi connectivity index (χ4n) is 3.45. The molecule has 1 N–H and O–H groups in total. The van der Waals surface area contributed by atoms with Crippen molar-refractivity contribution in [1.29, 1.82) is 0 Å². The zero-order valence-corrected chi connectivity index (χ0v) is 16.7. The first-order valence-electron chi connectivity index (χ1n) is 9.94. The summed E-state index contributed by atoms with van der Waals surface area (Å²) in [5, 5.41) is 8.84. The number of aromatic nitrogens is 2. The number of fused-ring (bicyclic) bond motifs is 1. The van der Waals surface area contributed by atoms with Crippen LogP contribution in [0.4, 0.5) is 8.78 Å². The van der Waals surface area contributed by atoms with Gasteiger partial charge in [0, 0.05) is 43.4 Å². The predicted molar refractivity (Wildman–Crippen MR) is 109 cm³/mol. The molecular weight excluding hydrogens is 404 g/mol. The molecule has 31 heavy (non-hydrogen) atoms. The van der Waals surface area contributed by atoms with Gasteiger partial charge in [-0.05, 0) is 42.0 Å². The first-order chi connectivity index (χ1) is 15.0. The maximum atomic E-state index is 13.3. The van der Waals surface area contributed by atoms with Gasteiger partial charge in [-0.3, -0.25) is 9.69 Å². The number of aliphatic carboxylic acids is 1. The summed E-state index contributed by atoms with van der Waals surface area (Å²) >= 11 is 0. The topological polar surface area (TPSA) is 75.5 Å². The zero-order valence-electron chi connectivity index (χ0n) is 16.7. The van der Waals surface area contributed by atoms with Crippen LogP contribution in [-0.4, -0.2) is 39.0 Å². The van der Waals surface area contributed by atoms with Crippen molar-refractivity contribution in [2.24, 2.45) is 0 Å². The molecule has 0 radical (unpaired) electrons. The Balaban J connectivity index is 1.39. The molecule has 0 bridgehead atoms. The van der Waals surface area contributed by atoms with E-state index in [2.05, 4.69) is 14.9 Å². The normalized spacial score (nSPS) is 13.6. The molecule has 1 aliphatic heterocycles. The summed E-state index contributed by atoms with van der Waals surface area (Å²) in [7, 11) is 0. The summed E-state index contributed by atoms with van der Waals surface area (Å²) in [5.74, 6) is -1.36. The Kier molecular flexibility index (Phi) is 6.18. The minimum absolute atomic E-state index is 0.124. The zero-order chi connectivity index (χ0) is 21.8. The predicted octanol–water partition coefficient (Wildman–Crippen LogP) is 3.83.